The van der Waals surface area contributed by atoms with Crippen molar-refractivity contribution >= 4 is 17.6 Å². The average molecular weight is 408 g/mol. The third kappa shape index (κ3) is 6.71. The van der Waals surface area contributed by atoms with Crippen LogP contribution in [-0.2, 0) is 16.0 Å². The molecule has 0 heterocycles. The van der Waals surface area contributed by atoms with Crippen LogP contribution in [0.25, 0.3) is 0 Å². The van der Waals surface area contributed by atoms with Gasteiger partial charge in [-0.25, -0.2) is 4.79 Å². The van der Waals surface area contributed by atoms with Gasteiger partial charge in [-0.3, -0.25) is 0 Å². The van der Waals surface area contributed by atoms with Crippen molar-refractivity contribution < 1.29 is 24.5 Å². The number of carbonyl (C=O) groups is 1. The Morgan fingerprint density at radius 3 is 2.57 bits per heavy atom. The van der Waals surface area contributed by atoms with E-state index in [4.69, 9.17) is 21.1 Å². The molecule has 7 heteroatoms. The molecule has 2 aromatic carbocycles. The molecule has 152 valence electrons. The first-order valence-electron chi connectivity index (χ1n) is 9.18. The van der Waals surface area contributed by atoms with E-state index in [0.29, 0.717) is 30.3 Å². The summed E-state index contributed by atoms with van der Waals surface area (Å²) >= 11 is 6.30. The van der Waals surface area contributed by atoms with Crippen molar-refractivity contribution in [3.8, 4) is 11.5 Å². The molecule has 0 spiro atoms. The molecular weight excluding hydrogens is 382 g/mol. The molecule has 0 saturated carbocycles. The molecule has 0 radical (unpaired) electrons. The molecule has 0 aliphatic rings. The number of esters is 1. The van der Waals surface area contributed by atoms with Gasteiger partial charge < -0.3 is 25.0 Å². The highest BCUT2D eigenvalue weighted by molar-refractivity contribution is 6.31. The van der Waals surface area contributed by atoms with Gasteiger partial charge in [-0.15, -0.1) is 0 Å². The number of hydrogen-bond acceptors (Lipinski definition) is 6. The van der Waals surface area contributed by atoms with E-state index in [1.807, 2.05) is 13.0 Å². The standard InChI is InChI=1S/C21H26ClNO5/c1-3-27-20(25)13-28-18-9-6-15(19(22)12-18)10-11-23-14(2)21(26)16-4-7-17(24)8-5-16/h4-9,12,14,21,23-24,26H,3,10-11,13H2,1-2H3/t14-,21-/m0/s1. The topological polar surface area (TPSA) is 88.0 Å². The minimum absolute atomic E-state index is 0.155. The van der Waals surface area contributed by atoms with Crippen LogP contribution in [0.2, 0.25) is 5.02 Å². The van der Waals surface area contributed by atoms with Gasteiger partial charge in [-0.2, -0.15) is 0 Å². The summed E-state index contributed by atoms with van der Waals surface area (Å²) in [7, 11) is 0. The van der Waals surface area contributed by atoms with Crippen molar-refractivity contribution in [1.29, 1.82) is 0 Å². The summed E-state index contributed by atoms with van der Waals surface area (Å²) in [5.74, 6) is 0.250. The number of aliphatic hydroxyl groups is 1. The summed E-state index contributed by atoms with van der Waals surface area (Å²) in [6.07, 6.45) is -0.0152. The van der Waals surface area contributed by atoms with Gasteiger partial charge in [0.25, 0.3) is 0 Å². The molecule has 0 aliphatic heterocycles. The third-order valence-corrected chi connectivity index (χ3v) is 4.61. The molecule has 0 aromatic heterocycles. The highest BCUT2D eigenvalue weighted by atomic mass is 35.5. The molecule has 2 aromatic rings. The Morgan fingerprint density at radius 2 is 1.93 bits per heavy atom. The summed E-state index contributed by atoms with van der Waals surface area (Å²) in [5, 5.41) is 23.5. The fraction of sp³-hybridized carbons (Fsp3) is 0.381. The van der Waals surface area contributed by atoms with Crippen molar-refractivity contribution in [3.63, 3.8) is 0 Å². The molecule has 3 N–H and O–H groups in total. The highest BCUT2D eigenvalue weighted by Gasteiger charge is 2.16. The van der Waals surface area contributed by atoms with Crippen molar-refractivity contribution in [1.82, 2.24) is 5.32 Å². The Bertz CT molecular complexity index is 766. The molecule has 6 nitrogen and oxygen atoms in total. The Labute approximate surface area is 170 Å². The predicted molar refractivity (Wildman–Crippen MR) is 108 cm³/mol. The number of halogens is 1. The molecule has 2 atom stereocenters. The predicted octanol–water partition coefficient (Wildman–Crippen LogP) is 3.24. The molecule has 2 rings (SSSR count). The first-order valence-corrected chi connectivity index (χ1v) is 9.55. The number of nitrogens with one attached hydrogen (secondary N) is 1. The van der Waals surface area contributed by atoms with E-state index in [-0.39, 0.29) is 18.4 Å². The smallest absolute Gasteiger partial charge is 0.344 e. The lowest BCUT2D eigenvalue weighted by Crippen LogP contribution is -2.33. The number of aliphatic hydroxyl groups excluding tert-OH is 1. The maximum Gasteiger partial charge on any atom is 0.344 e. The van der Waals surface area contributed by atoms with E-state index < -0.39 is 12.1 Å². The van der Waals surface area contributed by atoms with Gasteiger partial charge in [0.1, 0.15) is 11.5 Å². The van der Waals surface area contributed by atoms with Gasteiger partial charge in [0.2, 0.25) is 0 Å². The maximum absolute atomic E-state index is 11.3. The largest absolute Gasteiger partial charge is 0.508 e. The van der Waals surface area contributed by atoms with Gasteiger partial charge >= 0.3 is 5.97 Å². The Balaban J connectivity index is 1.82. The van der Waals surface area contributed by atoms with Crippen LogP contribution in [0, 0.1) is 0 Å². The molecule has 0 fully saturated rings. The second-order valence-electron chi connectivity index (χ2n) is 6.38. The second kappa shape index (κ2) is 10.9. The minimum Gasteiger partial charge on any atom is -0.508 e. The van der Waals surface area contributed by atoms with E-state index >= 15 is 0 Å². The van der Waals surface area contributed by atoms with E-state index in [1.165, 1.54) is 0 Å². The summed E-state index contributed by atoms with van der Waals surface area (Å²) in [6.45, 7) is 4.42. The van der Waals surface area contributed by atoms with E-state index in [1.54, 1.807) is 43.3 Å². The van der Waals surface area contributed by atoms with Gasteiger partial charge in [0, 0.05) is 11.1 Å². The number of benzene rings is 2. The summed E-state index contributed by atoms with van der Waals surface area (Å²) in [6, 6.07) is 11.6. The summed E-state index contributed by atoms with van der Waals surface area (Å²) in [5.41, 5.74) is 1.67. The van der Waals surface area contributed by atoms with E-state index in [2.05, 4.69) is 5.32 Å². The lowest BCUT2D eigenvalue weighted by molar-refractivity contribution is -0.145. The molecule has 0 saturated heterocycles. The van der Waals surface area contributed by atoms with Gasteiger partial charge in [0.15, 0.2) is 6.61 Å². The lowest BCUT2D eigenvalue weighted by Gasteiger charge is -2.21. The average Bonchev–Trinajstić information content (AvgIpc) is 2.68. The van der Waals surface area contributed by atoms with Crippen LogP contribution in [-0.4, -0.2) is 42.0 Å². The van der Waals surface area contributed by atoms with Crippen LogP contribution in [0.15, 0.2) is 42.5 Å². The Hall–Kier alpha value is -2.28. The van der Waals surface area contributed by atoms with E-state index in [9.17, 15) is 15.0 Å². The normalized spacial score (nSPS) is 13.0. The second-order valence-corrected chi connectivity index (χ2v) is 6.78. The molecule has 0 bridgehead atoms. The number of ether oxygens (including phenoxy) is 2. The molecule has 28 heavy (non-hydrogen) atoms. The lowest BCUT2D eigenvalue weighted by atomic mass is 10.0. The zero-order valence-electron chi connectivity index (χ0n) is 16.0. The highest BCUT2D eigenvalue weighted by Crippen LogP contribution is 2.23. The Morgan fingerprint density at radius 1 is 1.21 bits per heavy atom. The minimum atomic E-state index is -0.685. The van der Waals surface area contributed by atoms with Crippen LogP contribution >= 0.6 is 11.6 Å². The zero-order chi connectivity index (χ0) is 20.5. The van der Waals surface area contributed by atoms with Crippen LogP contribution in [0.1, 0.15) is 31.1 Å². The zero-order valence-corrected chi connectivity index (χ0v) is 16.8. The number of aromatic hydroxyl groups is 1. The molecule has 0 unspecified atom stereocenters. The molecule has 0 aliphatic carbocycles. The molecular formula is C21H26ClNO5. The van der Waals surface area contributed by atoms with Gasteiger partial charge in [-0.05, 0) is 62.2 Å². The van der Waals surface area contributed by atoms with Gasteiger partial charge in [0.05, 0.1) is 12.7 Å². The molecule has 0 amide bonds. The third-order valence-electron chi connectivity index (χ3n) is 4.26. The van der Waals surface area contributed by atoms with Gasteiger partial charge in [-0.1, -0.05) is 29.8 Å². The monoisotopic (exact) mass is 407 g/mol. The fourth-order valence-electron chi connectivity index (χ4n) is 2.67. The van der Waals surface area contributed by atoms with Crippen LogP contribution in [0.4, 0.5) is 0 Å². The summed E-state index contributed by atoms with van der Waals surface area (Å²) in [4.78, 5) is 11.3. The van der Waals surface area contributed by atoms with Crippen LogP contribution in [0.5, 0.6) is 11.5 Å². The summed E-state index contributed by atoms with van der Waals surface area (Å²) < 4.78 is 10.2. The number of hydrogen-bond donors (Lipinski definition) is 3. The fourth-order valence-corrected chi connectivity index (χ4v) is 2.94. The van der Waals surface area contributed by atoms with Crippen molar-refractivity contribution in [3.05, 3.63) is 58.6 Å². The number of rotatable bonds is 10. The van der Waals surface area contributed by atoms with Crippen molar-refractivity contribution in [2.45, 2.75) is 32.4 Å². The number of phenols is 1. The van der Waals surface area contributed by atoms with E-state index in [0.717, 1.165) is 11.1 Å². The first-order chi connectivity index (χ1) is 13.4. The first kappa shape index (κ1) is 22.0. The van der Waals surface area contributed by atoms with Crippen LogP contribution < -0.4 is 10.1 Å². The van der Waals surface area contributed by atoms with Crippen LogP contribution in [0.3, 0.4) is 0 Å². The Kier molecular flexibility index (Phi) is 8.57. The number of phenolic OH excluding ortho intramolecular Hbond substituents is 1. The van der Waals surface area contributed by atoms with Crippen molar-refractivity contribution in [2.75, 3.05) is 19.8 Å². The van der Waals surface area contributed by atoms with Crippen molar-refractivity contribution in [2.24, 2.45) is 0 Å². The SMILES string of the molecule is CCOC(=O)COc1ccc(CCN[C@@H](C)[C@H](O)c2ccc(O)cc2)c(Cl)c1. The maximum atomic E-state index is 11.3. The quantitative estimate of drug-likeness (QED) is 0.524. The number of carbonyl (C=O) groups excluding carboxylic acids is 1.